The monoisotopic (exact) mass is 223 g/mol. The first-order chi connectivity index (χ1) is 7.63. The second kappa shape index (κ2) is 5.59. The van der Waals surface area contributed by atoms with Gasteiger partial charge in [-0.3, -0.25) is 0 Å². The van der Waals surface area contributed by atoms with Crippen LogP contribution < -0.4 is 16.6 Å². The normalized spacial score (nSPS) is 9.31. The highest BCUT2D eigenvalue weighted by Gasteiger charge is 2.04. The van der Waals surface area contributed by atoms with Crippen molar-refractivity contribution >= 4 is 12.1 Å². The lowest BCUT2D eigenvalue weighted by atomic mass is 9.95. The van der Waals surface area contributed by atoms with Gasteiger partial charge in [-0.05, 0) is 18.1 Å². The number of carbonyl (C=O) groups excluding carboxylic acids is 2. The van der Waals surface area contributed by atoms with E-state index in [2.05, 4.69) is 34.7 Å². The minimum absolute atomic E-state index is 0.242. The first-order valence-corrected chi connectivity index (χ1v) is 4.72. The molecular weight excluding hydrogens is 210 g/mol. The van der Waals surface area contributed by atoms with Crippen molar-refractivity contribution in [2.75, 3.05) is 6.61 Å². The number of benzene rings is 1. The summed E-state index contributed by atoms with van der Waals surface area (Å²) in [5.41, 5.74) is 11.2. The molecule has 0 unspecified atom stereocenters. The van der Waals surface area contributed by atoms with Gasteiger partial charge in [0.05, 0.1) is 6.61 Å². The highest BCUT2D eigenvalue weighted by molar-refractivity contribution is 5.76. The molecule has 0 heterocycles. The highest BCUT2D eigenvalue weighted by atomic mass is 16.5. The Bertz CT molecular complexity index is 354. The molecule has 0 aromatic heterocycles. The Labute approximate surface area is 92.7 Å². The predicted molar refractivity (Wildman–Crippen MR) is 58.3 cm³/mol. The van der Waals surface area contributed by atoms with Gasteiger partial charge in [-0.15, -0.1) is 0 Å². The number of fused-ring (bicyclic) bond motifs is 1. The molecule has 0 fully saturated rings. The average Bonchev–Trinajstić information content (AvgIpc) is 2.22. The number of nitrogens with one attached hydrogen (secondary N) is 2. The van der Waals surface area contributed by atoms with Gasteiger partial charge in [0.1, 0.15) is 0 Å². The van der Waals surface area contributed by atoms with E-state index in [-0.39, 0.29) is 6.61 Å². The Balaban J connectivity index is 0.000000176. The van der Waals surface area contributed by atoms with E-state index < -0.39 is 12.1 Å². The van der Waals surface area contributed by atoms with E-state index in [0.29, 0.717) is 0 Å². The highest BCUT2D eigenvalue weighted by Crippen LogP contribution is 2.29. The molecule has 3 amide bonds. The van der Waals surface area contributed by atoms with Crippen molar-refractivity contribution in [3.8, 4) is 11.1 Å². The molecule has 0 saturated carbocycles. The Morgan fingerprint density at radius 3 is 1.94 bits per heavy atom. The van der Waals surface area contributed by atoms with Gasteiger partial charge in [-0.2, -0.15) is 0 Å². The molecule has 4 N–H and O–H groups in total. The fourth-order valence-electron chi connectivity index (χ4n) is 0.942. The number of rotatable bonds is 1. The van der Waals surface area contributed by atoms with Crippen LogP contribution in [0.4, 0.5) is 9.59 Å². The maximum atomic E-state index is 10.3. The second-order valence-electron chi connectivity index (χ2n) is 2.91. The van der Waals surface area contributed by atoms with Crippen molar-refractivity contribution in [1.29, 1.82) is 0 Å². The summed E-state index contributed by atoms with van der Waals surface area (Å²) < 4.78 is 4.37. The minimum Gasteiger partial charge on any atom is -0.449 e. The zero-order valence-corrected chi connectivity index (χ0v) is 8.82. The summed E-state index contributed by atoms with van der Waals surface area (Å²) in [5, 5.41) is 0. The van der Waals surface area contributed by atoms with Gasteiger partial charge in [0.2, 0.25) is 0 Å². The number of carbonyl (C=O) groups is 2. The number of hydrazine groups is 1. The Hall–Kier alpha value is -2.24. The summed E-state index contributed by atoms with van der Waals surface area (Å²) in [7, 11) is 0. The molecule has 0 aliphatic heterocycles. The topological polar surface area (TPSA) is 93.4 Å². The van der Waals surface area contributed by atoms with Gasteiger partial charge in [-0.1, -0.05) is 24.3 Å². The Kier molecular flexibility index (Phi) is 4.14. The van der Waals surface area contributed by atoms with Gasteiger partial charge in [0.25, 0.3) is 0 Å². The SMILES string of the molecule is CCOC(=O)NNC(N)=O.c1cc2ccc1-2. The van der Waals surface area contributed by atoms with Crippen LogP contribution in [0.3, 0.4) is 0 Å². The smallest absolute Gasteiger partial charge is 0.426 e. The molecule has 16 heavy (non-hydrogen) atoms. The van der Waals surface area contributed by atoms with E-state index >= 15 is 0 Å². The summed E-state index contributed by atoms with van der Waals surface area (Å²) in [6.45, 7) is 1.89. The first kappa shape index (κ1) is 11.8. The first-order valence-electron chi connectivity index (χ1n) is 4.72. The van der Waals surface area contributed by atoms with Gasteiger partial charge in [-0.25, -0.2) is 20.4 Å². The number of primary amides is 1. The van der Waals surface area contributed by atoms with E-state index in [1.807, 2.05) is 10.9 Å². The van der Waals surface area contributed by atoms with Crippen LogP contribution in [0.5, 0.6) is 0 Å². The number of hydrogen-bond donors (Lipinski definition) is 3. The van der Waals surface area contributed by atoms with Crippen LogP contribution in [0.25, 0.3) is 11.1 Å². The minimum atomic E-state index is -0.840. The third-order valence-electron chi connectivity index (χ3n) is 1.78. The number of nitrogens with two attached hydrogens (primary N) is 1. The maximum absolute atomic E-state index is 10.3. The largest absolute Gasteiger partial charge is 0.449 e. The van der Waals surface area contributed by atoms with E-state index in [4.69, 9.17) is 0 Å². The third-order valence-corrected chi connectivity index (χ3v) is 1.78. The lowest BCUT2D eigenvalue weighted by Gasteiger charge is -2.10. The lowest BCUT2D eigenvalue weighted by Crippen LogP contribution is -2.44. The number of amides is 3. The van der Waals surface area contributed by atoms with Gasteiger partial charge >= 0.3 is 12.1 Å². The van der Waals surface area contributed by atoms with Crippen molar-refractivity contribution in [3.05, 3.63) is 24.3 Å². The summed E-state index contributed by atoms with van der Waals surface area (Å²) in [6.07, 6.45) is -0.735. The molecule has 0 saturated heterocycles. The van der Waals surface area contributed by atoms with Crippen molar-refractivity contribution in [2.45, 2.75) is 6.92 Å². The van der Waals surface area contributed by atoms with Crippen LogP contribution in [0.15, 0.2) is 24.3 Å². The zero-order chi connectivity index (χ0) is 12.0. The summed E-state index contributed by atoms with van der Waals surface area (Å²) in [4.78, 5) is 20.3. The summed E-state index contributed by atoms with van der Waals surface area (Å²) >= 11 is 0. The quantitative estimate of drug-likeness (QED) is 0.629. The van der Waals surface area contributed by atoms with Crippen LogP contribution in [-0.4, -0.2) is 18.7 Å². The molecule has 6 heteroatoms. The van der Waals surface area contributed by atoms with Crippen LogP contribution in [-0.2, 0) is 4.74 Å². The fraction of sp³-hybridized carbons (Fsp3) is 0.200. The van der Waals surface area contributed by atoms with Crippen molar-refractivity contribution in [1.82, 2.24) is 10.9 Å². The van der Waals surface area contributed by atoms with Crippen molar-refractivity contribution < 1.29 is 14.3 Å². The maximum Gasteiger partial charge on any atom is 0.426 e. The second-order valence-corrected chi connectivity index (χ2v) is 2.91. The molecule has 2 rings (SSSR count). The molecule has 86 valence electrons. The van der Waals surface area contributed by atoms with Crippen LogP contribution in [0.1, 0.15) is 6.92 Å². The number of urea groups is 1. The molecule has 0 aromatic rings. The molecule has 0 bridgehead atoms. The van der Waals surface area contributed by atoms with E-state index in [1.165, 1.54) is 11.1 Å². The van der Waals surface area contributed by atoms with Crippen LogP contribution >= 0.6 is 0 Å². The fourth-order valence-corrected chi connectivity index (χ4v) is 0.942. The molecule has 6 nitrogen and oxygen atoms in total. The van der Waals surface area contributed by atoms with Crippen molar-refractivity contribution in [3.63, 3.8) is 0 Å². The Morgan fingerprint density at radius 2 is 1.69 bits per heavy atom. The van der Waals surface area contributed by atoms with Crippen LogP contribution in [0, 0.1) is 0 Å². The number of ether oxygens (including phenoxy) is 1. The molecule has 2 aliphatic carbocycles. The van der Waals surface area contributed by atoms with Crippen LogP contribution in [0.2, 0.25) is 0 Å². The zero-order valence-electron chi connectivity index (χ0n) is 8.82. The van der Waals surface area contributed by atoms with Gasteiger partial charge < -0.3 is 10.5 Å². The average molecular weight is 223 g/mol. The summed E-state index contributed by atoms with van der Waals surface area (Å²) in [6, 6.07) is 7.64. The molecule has 0 aromatic carbocycles. The van der Waals surface area contributed by atoms with E-state index in [9.17, 15) is 9.59 Å². The van der Waals surface area contributed by atoms with E-state index in [0.717, 1.165) is 0 Å². The molecule has 0 spiro atoms. The number of hydrogen-bond acceptors (Lipinski definition) is 3. The summed E-state index contributed by atoms with van der Waals surface area (Å²) in [5.74, 6) is 0. The third kappa shape index (κ3) is 3.49. The molecule has 0 atom stereocenters. The Morgan fingerprint density at radius 1 is 1.19 bits per heavy atom. The molecule has 0 radical (unpaired) electrons. The predicted octanol–water partition coefficient (Wildman–Crippen LogP) is 0.983. The standard InChI is InChI=1S/C6H4.C4H9N3O3/c1-2-6-4-3-5(1)6;1-2-10-4(9)7-6-3(5)8/h1-4H;2H2,1H3,(H,7,9)(H3,5,6,8). The lowest BCUT2D eigenvalue weighted by molar-refractivity contribution is 0.147. The molecule has 2 aliphatic rings. The van der Waals surface area contributed by atoms with Gasteiger partial charge in [0, 0.05) is 0 Å². The van der Waals surface area contributed by atoms with E-state index in [1.54, 1.807) is 6.92 Å². The molecular formula is C10H13N3O3. The van der Waals surface area contributed by atoms with Crippen molar-refractivity contribution in [2.24, 2.45) is 5.73 Å². The van der Waals surface area contributed by atoms with Gasteiger partial charge in [0.15, 0.2) is 0 Å².